The Morgan fingerprint density at radius 3 is 2.37 bits per heavy atom. The minimum Gasteiger partial charge on any atom is -0.308 e. The summed E-state index contributed by atoms with van der Waals surface area (Å²) in [6.07, 6.45) is 1.17. The van der Waals surface area contributed by atoms with Crippen molar-refractivity contribution < 1.29 is 0 Å². The van der Waals surface area contributed by atoms with Crippen LogP contribution >= 0.6 is 0 Å². The van der Waals surface area contributed by atoms with Crippen molar-refractivity contribution in [3.8, 4) is 0 Å². The van der Waals surface area contributed by atoms with Crippen molar-refractivity contribution in [2.24, 2.45) is 0 Å². The van der Waals surface area contributed by atoms with E-state index in [1.165, 1.54) is 17.5 Å². The van der Waals surface area contributed by atoms with Crippen LogP contribution in [0.3, 0.4) is 0 Å². The number of benzene rings is 1. The summed E-state index contributed by atoms with van der Waals surface area (Å²) in [5.41, 5.74) is 3.22. The van der Waals surface area contributed by atoms with Gasteiger partial charge in [0, 0.05) is 30.7 Å². The third kappa shape index (κ3) is 3.37. The van der Waals surface area contributed by atoms with E-state index in [9.17, 15) is 0 Å². The summed E-state index contributed by atoms with van der Waals surface area (Å²) < 4.78 is 0. The maximum Gasteiger partial charge on any atom is 0.0282 e. The zero-order valence-corrected chi connectivity index (χ0v) is 13.1. The second-order valence-electron chi connectivity index (χ2n) is 6.92. The molecule has 2 heteroatoms. The van der Waals surface area contributed by atoms with Gasteiger partial charge < -0.3 is 5.32 Å². The Balaban J connectivity index is 2.13. The fourth-order valence-electron chi connectivity index (χ4n) is 2.65. The molecule has 1 aromatic carbocycles. The molecule has 1 fully saturated rings. The van der Waals surface area contributed by atoms with E-state index in [4.69, 9.17) is 0 Å². The van der Waals surface area contributed by atoms with Crippen molar-refractivity contribution >= 4 is 0 Å². The van der Waals surface area contributed by atoms with Crippen molar-refractivity contribution in [1.29, 1.82) is 0 Å². The van der Waals surface area contributed by atoms with E-state index in [-0.39, 0.29) is 11.1 Å². The second-order valence-corrected chi connectivity index (χ2v) is 6.92. The number of nitrogens with zero attached hydrogens (tertiary/aromatic N) is 1. The van der Waals surface area contributed by atoms with Gasteiger partial charge in [-0.15, -0.1) is 0 Å². The highest BCUT2D eigenvalue weighted by molar-refractivity contribution is 5.21. The number of nitrogens with one attached hydrogen (secondary N) is 1. The normalized spacial score (nSPS) is 27.4. The predicted octanol–water partition coefficient (Wildman–Crippen LogP) is 3.35. The molecule has 1 aromatic rings. The molecule has 0 aromatic heterocycles. The Morgan fingerprint density at radius 1 is 1.16 bits per heavy atom. The SMILES string of the molecule is CCC1(C)CN(Cc2ccc(C)cc2)C(C)(C)CN1. The third-order valence-corrected chi connectivity index (χ3v) is 4.62. The van der Waals surface area contributed by atoms with Gasteiger partial charge in [-0.1, -0.05) is 36.8 Å². The van der Waals surface area contributed by atoms with Crippen LogP contribution in [0.2, 0.25) is 0 Å². The average Bonchev–Trinajstić information content (AvgIpc) is 2.37. The molecule has 1 atom stereocenters. The van der Waals surface area contributed by atoms with E-state index in [2.05, 4.69) is 69.1 Å². The van der Waals surface area contributed by atoms with Crippen LogP contribution in [0.15, 0.2) is 24.3 Å². The number of hydrogen-bond donors (Lipinski definition) is 1. The highest BCUT2D eigenvalue weighted by Gasteiger charge is 2.38. The Kier molecular flexibility index (Phi) is 4.03. The molecular formula is C17H28N2. The van der Waals surface area contributed by atoms with E-state index < -0.39 is 0 Å². The van der Waals surface area contributed by atoms with Gasteiger partial charge in [-0.2, -0.15) is 0 Å². The first-order valence-corrected chi connectivity index (χ1v) is 7.40. The van der Waals surface area contributed by atoms with E-state index >= 15 is 0 Å². The lowest BCUT2D eigenvalue weighted by Crippen LogP contribution is -2.66. The van der Waals surface area contributed by atoms with Gasteiger partial charge in [-0.25, -0.2) is 0 Å². The van der Waals surface area contributed by atoms with E-state index in [0.717, 1.165) is 19.6 Å². The molecule has 1 saturated heterocycles. The van der Waals surface area contributed by atoms with Crippen LogP contribution in [-0.2, 0) is 6.54 Å². The van der Waals surface area contributed by atoms with Gasteiger partial charge in [-0.05, 0) is 39.7 Å². The van der Waals surface area contributed by atoms with Crippen LogP contribution in [0.1, 0.15) is 45.2 Å². The van der Waals surface area contributed by atoms with Gasteiger partial charge >= 0.3 is 0 Å². The monoisotopic (exact) mass is 260 g/mol. The Labute approximate surface area is 118 Å². The predicted molar refractivity (Wildman–Crippen MR) is 82.4 cm³/mol. The molecule has 0 radical (unpaired) electrons. The Hall–Kier alpha value is -0.860. The fourth-order valence-corrected chi connectivity index (χ4v) is 2.65. The number of piperazine rings is 1. The Morgan fingerprint density at radius 2 is 1.79 bits per heavy atom. The summed E-state index contributed by atoms with van der Waals surface area (Å²) in [6.45, 7) is 14.7. The smallest absolute Gasteiger partial charge is 0.0282 e. The molecular weight excluding hydrogens is 232 g/mol. The molecule has 2 nitrogen and oxygen atoms in total. The van der Waals surface area contributed by atoms with E-state index in [0.29, 0.717) is 0 Å². The van der Waals surface area contributed by atoms with Crippen LogP contribution < -0.4 is 5.32 Å². The summed E-state index contributed by atoms with van der Waals surface area (Å²) in [7, 11) is 0. The summed E-state index contributed by atoms with van der Waals surface area (Å²) >= 11 is 0. The van der Waals surface area contributed by atoms with Crippen LogP contribution in [0.5, 0.6) is 0 Å². The first-order chi connectivity index (χ1) is 8.85. The van der Waals surface area contributed by atoms with Crippen LogP contribution in [0.25, 0.3) is 0 Å². The largest absolute Gasteiger partial charge is 0.308 e. The molecule has 1 heterocycles. The summed E-state index contributed by atoms with van der Waals surface area (Å²) in [6, 6.07) is 8.95. The molecule has 0 spiro atoms. The van der Waals surface area contributed by atoms with Gasteiger partial charge in [0.2, 0.25) is 0 Å². The van der Waals surface area contributed by atoms with Crippen molar-refractivity contribution in [2.45, 2.75) is 58.7 Å². The first-order valence-electron chi connectivity index (χ1n) is 7.40. The van der Waals surface area contributed by atoms with Crippen LogP contribution in [-0.4, -0.2) is 29.1 Å². The number of aryl methyl sites for hydroxylation is 1. The maximum absolute atomic E-state index is 3.72. The summed E-state index contributed by atoms with van der Waals surface area (Å²) in [5.74, 6) is 0. The molecule has 1 aliphatic rings. The number of hydrogen-bond acceptors (Lipinski definition) is 2. The standard InChI is InChI=1S/C17H28N2/c1-6-17(5)13-19(16(3,4)12-18-17)11-15-9-7-14(2)8-10-15/h7-10,18H,6,11-13H2,1-5H3. The van der Waals surface area contributed by atoms with Crippen molar-refractivity contribution in [1.82, 2.24) is 10.2 Å². The molecule has 0 saturated carbocycles. The molecule has 1 unspecified atom stereocenters. The quantitative estimate of drug-likeness (QED) is 0.896. The maximum atomic E-state index is 3.72. The average molecular weight is 260 g/mol. The zero-order valence-electron chi connectivity index (χ0n) is 13.1. The molecule has 19 heavy (non-hydrogen) atoms. The minimum atomic E-state index is 0.222. The molecule has 0 aliphatic carbocycles. The van der Waals surface area contributed by atoms with Gasteiger partial charge in [-0.3, -0.25) is 4.90 Å². The summed E-state index contributed by atoms with van der Waals surface area (Å²) in [5, 5.41) is 3.72. The minimum absolute atomic E-state index is 0.222. The first kappa shape index (κ1) is 14.5. The van der Waals surface area contributed by atoms with E-state index in [1.807, 2.05) is 0 Å². The molecule has 0 bridgehead atoms. The van der Waals surface area contributed by atoms with Gasteiger partial charge in [0.15, 0.2) is 0 Å². The summed E-state index contributed by atoms with van der Waals surface area (Å²) in [4.78, 5) is 2.62. The number of rotatable bonds is 3. The Bertz CT molecular complexity index is 421. The molecule has 0 amide bonds. The highest BCUT2D eigenvalue weighted by atomic mass is 15.3. The molecule has 2 rings (SSSR count). The fraction of sp³-hybridized carbons (Fsp3) is 0.647. The van der Waals surface area contributed by atoms with E-state index in [1.54, 1.807) is 0 Å². The topological polar surface area (TPSA) is 15.3 Å². The molecule has 1 N–H and O–H groups in total. The lowest BCUT2D eigenvalue weighted by Gasteiger charge is -2.50. The molecule has 106 valence electrons. The van der Waals surface area contributed by atoms with Gasteiger partial charge in [0.25, 0.3) is 0 Å². The molecule has 1 aliphatic heterocycles. The lowest BCUT2D eigenvalue weighted by molar-refractivity contribution is 0.0246. The van der Waals surface area contributed by atoms with Crippen LogP contribution in [0.4, 0.5) is 0 Å². The van der Waals surface area contributed by atoms with Crippen molar-refractivity contribution in [3.63, 3.8) is 0 Å². The van der Waals surface area contributed by atoms with Crippen molar-refractivity contribution in [2.75, 3.05) is 13.1 Å². The zero-order chi connectivity index (χ0) is 14.1. The lowest BCUT2D eigenvalue weighted by atomic mass is 9.88. The van der Waals surface area contributed by atoms with Crippen molar-refractivity contribution in [3.05, 3.63) is 35.4 Å². The highest BCUT2D eigenvalue weighted by Crippen LogP contribution is 2.27. The van der Waals surface area contributed by atoms with Crippen LogP contribution in [0, 0.1) is 6.92 Å². The van der Waals surface area contributed by atoms with Gasteiger partial charge in [0.05, 0.1) is 0 Å². The second kappa shape index (κ2) is 5.26. The van der Waals surface area contributed by atoms with Gasteiger partial charge in [0.1, 0.15) is 0 Å². The third-order valence-electron chi connectivity index (χ3n) is 4.62.